The number of hydrazine groups is 1. The summed E-state index contributed by atoms with van der Waals surface area (Å²) in [6.45, 7) is 6.26. The van der Waals surface area contributed by atoms with Gasteiger partial charge in [0.25, 0.3) is 0 Å². The molecule has 0 aromatic heterocycles. The first-order valence-electron chi connectivity index (χ1n) is 6.79. The Bertz CT molecular complexity index is 608. The van der Waals surface area contributed by atoms with Crippen LogP contribution in [0, 0.1) is 20.8 Å². The van der Waals surface area contributed by atoms with E-state index < -0.39 is 0 Å². The maximum absolute atomic E-state index is 6.34. The third-order valence-corrected chi connectivity index (χ3v) is 3.99. The van der Waals surface area contributed by atoms with E-state index in [2.05, 4.69) is 43.5 Å². The smallest absolute Gasteiger partial charge is 0.0515 e. The SMILES string of the molecule is Cc1ccc(C(Cc2cc(C)ccc2C)NN)c(Cl)c1. The molecule has 2 nitrogen and oxygen atoms in total. The molecular formula is C17H21ClN2. The van der Waals surface area contributed by atoms with Gasteiger partial charge in [-0.05, 0) is 55.5 Å². The summed E-state index contributed by atoms with van der Waals surface area (Å²) in [5, 5.41) is 0.762. The summed E-state index contributed by atoms with van der Waals surface area (Å²) in [6, 6.07) is 12.6. The lowest BCUT2D eigenvalue weighted by Gasteiger charge is -2.19. The Balaban J connectivity index is 2.31. The van der Waals surface area contributed by atoms with Crippen LogP contribution in [-0.2, 0) is 6.42 Å². The Kier molecular flexibility index (Phi) is 4.81. The maximum atomic E-state index is 6.34. The number of halogens is 1. The summed E-state index contributed by atoms with van der Waals surface area (Å²) in [5.74, 6) is 5.74. The van der Waals surface area contributed by atoms with Crippen LogP contribution in [0.1, 0.15) is 33.9 Å². The van der Waals surface area contributed by atoms with Crippen LogP contribution in [0.15, 0.2) is 36.4 Å². The highest BCUT2D eigenvalue weighted by Crippen LogP contribution is 2.27. The second-order valence-corrected chi connectivity index (χ2v) is 5.79. The Morgan fingerprint density at radius 1 is 1.05 bits per heavy atom. The average molecular weight is 289 g/mol. The van der Waals surface area contributed by atoms with E-state index >= 15 is 0 Å². The van der Waals surface area contributed by atoms with Gasteiger partial charge in [-0.3, -0.25) is 11.3 Å². The average Bonchev–Trinajstić information content (AvgIpc) is 2.40. The number of benzene rings is 2. The largest absolute Gasteiger partial charge is 0.271 e. The van der Waals surface area contributed by atoms with Gasteiger partial charge in [-0.1, -0.05) is 47.5 Å². The molecule has 1 atom stereocenters. The first kappa shape index (κ1) is 15.0. The van der Waals surface area contributed by atoms with Crippen LogP contribution in [0.3, 0.4) is 0 Å². The maximum Gasteiger partial charge on any atom is 0.0515 e. The predicted molar refractivity (Wildman–Crippen MR) is 85.9 cm³/mol. The number of hydrogen-bond donors (Lipinski definition) is 2. The van der Waals surface area contributed by atoms with Gasteiger partial charge < -0.3 is 0 Å². The van der Waals surface area contributed by atoms with E-state index in [-0.39, 0.29) is 6.04 Å². The topological polar surface area (TPSA) is 38.0 Å². The molecular weight excluding hydrogens is 268 g/mol. The fourth-order valence-corrected chi connectivity index (χ4v) is 2.78. The Morgan fingerprint density at radius 2 is 1.70 bits per heavy atom. The van der Waals surface area contributed by atoms with Crippen molar-refractivity contribution >= 4 is 11.6 Å². The van der Waals surface area contributed by atoms with Crippen LogP contribution in [0.2, 0.25) is 5.02 Å². The number of rotatable bonds is 4. The zero-order valence-corrected chi connectivity index (χ0v) is 13.0. The van der Waals surface area contributed by atoms with Crippen LogP contribution in [-0.4, -0.2) is 0 Å². The van der Waals surface area contributed by atoms with E-state index in [4.69, 9.17) is 17.4 Å². The Hall–Kier alpha value is -1.35. The number of nitrogens with one attached hydrogen (secondary N) is 1. The highest BCUT2D eigenvalue weighted by molar-refractivity contribution is 6.31. The van der Waals surface area contributed by atoms with Gasteiger partial charge >= 0.3 is 0 Å². The molecule has 0 amide bonds. The van der Waals surface area contributed by atoms with Gasteiger partial charge in [0.15, 0.2) is 0 Å². The second kappa shape index (κ2) is 6.40. The van der Waals surface area contributed by atoms with Crippen molar-refractivity contribution in [2.24, 2.45) is 5.84 Å². The van der Waals surface area contributed by atoms with Gasteiger partial charge in [0.05, 0.1) is 6.04 Å². The predicted octanol–water partition coefficient (Wildman–Crippen LogP) is 4.01. The van der Waals surface area contributed by atoms with Crippen LogP contribution >= 0.6 is 11.6 Å². The monoisotopic (exact) mass is 288 g/mol. The van der Waals surface area contributed by atoms with Crippen molar-refractivity contribution in [1.82, 2.24) is 5.43 Å². The number of hydrogen-bond acceptors (Lipinski definition) is 2. The summed E-state index contributed by atoms with van der Waals surface area (Å²) in [7, 11) is 0. The van der Waals surface area contributed by atoms with Gasteiger partial charge in [0, 0.05) is 5.02 Å². The summed E-state index contributed by atoms with van der Waals surface area (Å²) in [5.41, 5.74) is 8.92. The van der Waals surface area contributed by atoms with Crippen molar-refractivity contribution in [3.63, 3.8) is 0 Å². The summed E-state index contributed by atoms with van der Waals surface area (Å²) >= 11 is 6.34. The van der Waals surface area contributed by atoms with E-state index in [9.17, 15) is 0 Å². The van der Waals surface area contributed by atoms with Crippen molar-refractivity contribution in [3.05, 3.63) is 69.2 Å². The van der Waals surface area contributed by atoms with E-state index in [0.717, 1.165) is 22.6 Å². The zero-order valence-electron chi connectivity index (χ0n) is 12.2. The molecule has 0 fully saturated rings. The summed E-state index contributed by atoms with van der Waals surface area (Å²) in [6.07, 6.45) is 0.826. The first-order valence-corrected chi connectivity index (χ1v) is 7.17. The third-order valence-electron chi connectivity index (χ3n) is 3.66. The molecule has 0 aliphatic carbocycles. The molecule has 0 aliphatic rings. The van der Waals surface area contributed by atoms with E-state index in [1.807, 2.05) is 19.1 Å². The van der Waals surface area contributed by atoms with Crippen molar-refractivity contribution in [1.29, 1.82) is 0 Å². The molecule has 2 aromatic carbocycles. The van der Waals surface area contributed by atoms with Crippen molar-refractivity contribution < 1.29 is 0 Å². The molecule has 0 radical (unpaired) electrons. The fraction of sp³-hybridized carbons (Fsp3) is 0.294. The van der Waals surface area contributed by atoms with Crippen molar-refractivity contribution in [2.75, 3.05) is 0 Å². The van der Waals surface area contributed by atoms with Crippen molar-refractivity contribution in [3.8, 4) is 0 Å². The van der Waals surface area contributed by atoms with Crippen LogP contribution in [0.25, 0.3) is 0 Å². The zero-order chi connectivity index (χ0) is 14.7. The van der Waals surface area contributed by atoms with Gasteiger partial charge in [-0.15, -0.1) is 0 Å². The molecule has 0 spiro atoms. The molecule has 20 heavy (non-hydrogen) atoms. The molecule has 0 bridgehead atoms. The third kappa shape index (κ3) is 3.40. The van der Waals surface area contributed by atoms with Crippen LogP contribution < -0.4 is 11.3 Å². The molecule has 0 heterocycles. The normalized spacial score (nSPS) is 12.4. The quantitative estimate of drug-likeness (QED) is 0.659. The molecule has 0 saturated heterocycles. The minimum atomic E-state index is 0.0172. The lowest BCUT2D eigenvalue weighted by Crippen LogP contribution is -2.30. The summed E-state index contributed by atoms with van der Waals surface area (Å²) in [4.78, 5) is 0. The van der Waals surface area contributed by atoms with Crippen LogP contribution in [0.4, 0.5) is 0 Å². The minimum Gasteiger partial charge on any atom is -0.271 e. The molecule has 3 N–H and O–H groups in total. The standard InChI is InChI=1S/C17H21ClN2/c1-11-4-6-13(3)14(8-11)10-17(20-19)15-7-5-12(2)9-16(15)18/h4-9,17,20H,10,19H2,1-3H3. The molecule has 0 aliphatic heterocycles. The van der Waals surface area contributed by atoms with Gasteiger partial charge in [0.1, 0.15) is 0 Å². The molecule has 2 rings (SSSR count). The molecule has 3 heteroatoms. The van der Waals surface area contributed by atoms with Crippen LogP contribution in [0.5, 0.6) is 0 Å². The molecule has 2 aromatic rings. The minimum absolute atomic E-state index is 0.0172. The highest BCUT2D eigenvalue weighted by atomic mass is 35.5. The summed E-state index contributed by atoms with van der Waals surface area (Å²) < 4.78 is 0. The molecule has 1 unspecified atom stereocenters. The first-order chi connectivity index (χ1) is 9.51. The van der Waals surface area contributed by atoms with Gasteiger partial charge in [-0.2, -0.15) is 0 Å². The lowest BCUT2D eigenvalue weighted by atomic mass is 9.95. The Labute approximate surface area is 125 Å². The fourth-order valence-electron chi connectivity index (χ4n) is 2.41. The van der Waals surface area contributed by atoms with E-state index in [1.54, 1.807) is 0 Å². The van der Waals surface area contributed by atoms with E-state index in [1.165, 1.54) is 16.7 Å². The number of aryl methyl sites for hydroxylation is 3. The highest BCUT2D eigenvalue weighted by Gasteiger charge is 2.15. The number of nitrogens with two attached hydrogens (primary N) is 1. The van der Waals surface area contributed by atoms with Crippen molar-refractivity contribution in [2.45, 2.75) is 33.2 Å². The van der Waals surface area contributed by atoms with Gasteiger partial charge in [-0.25, -0.2) is 0 Å². The molecule has 0 saturated carbocycles. The van der Waals surface area contributed by atoms with Gasteiger partial charge in [0.2, 0.25) is 0 Å². The Morgan fingerprint density at radius 3 is 2.35 bits per heavy atom. The van der Waals surface area contributed by atoms with E-state index in [0.29, 0.717) is 0 Å². The second-order valence-electron chi connectivity index (χ2n) is 5.38. The molecule has 106 valence electrons. The lowest BCUT2D eigenvalue weighted by molar-refractivity contribution is 0.551.